The largest absolute Gasteiger partial charge is 0.494 e. The average molecular weight is 997 g/mol. The van der Waals surface area contributed by atoms with E-state index >= 15 is 0 Å². The molecule has 0 unspecified atom stereocenters. The summed E-state index contributed by atoms with van der Waals surface area (Å²) in [5, 5.41) is 6.70. The van der Waals surface area contributed by atoms with Gasteiger partial charge in [0.05, 0.1) is 36.9 Å². The van der Waals surface area contributed by atoms with E-state index in [9.17, 15) is 14.4 Å². The highest BCUT2D eigenvalue weighted by atomic mass is 16.5. The Balaban J connectivity index is 1.52. The monoisotopic (exact) mass is 996 g/mol. The molecule has 0 aromatic heterocycles. The fourth-order valence-electron chi connectivity index (χ4n) is 9.16. The number of ether oxygens (including phenoxy) is 3. The molecule has 0 radical (unpaired) electrons. The van der Waals surface area contributed by atoms with Crippen molar-refractivity contribution < 1.29 is 14.2 Å². The highest BCUT2D eigenvalue weighted by molar-refractivity contribution is 5.48. The van der Waals surface area contributed by atoms with Crippen LogP contribution in [0.15, 0.2) is 87.2 Å². The van der Waals surface area contributed by atoms with E-state index in [-0.39, 0.29) is 16.3 Å². The molecule has 3 aromatic carbocycles. The van der Waals surface area contributed by atoms with Crippen LogP contribution in [0.5, 0.6) is 17.2 Å². The van der Waals surface area contributed by atoms with Crippen LogP contribution in [0.1, 0.15) is 226 Å². The van der Waals surface area contributed by atoms with Gasteiger partial charge in [0.1, 0.15) is 17.2 Å². The van der Waals surface area contributed by atoms with Crippen LogP contribution in [0.2, 0.25) is 0 Å². The maximum absolute atomic E-state index is 13.7. The molecular weight excluding hydrogens is 895 g/mol. The Hall–Kier alpha value is -4.53. The summed E-state index contributed by atoms with van der Waals surface area (Å²) in [6.07, 6.45) is 39.5. The first-order valence-electron chi connectivity index (χ1n) is 29.5. The number of nitrogens with one attached hydrogen (secondary N) is 2. The van der Waals surface area contributed by atoms with Gasteiger partial charge in [-0.25, -0.2) is 0 Å². The molecule has 0 aliphatic heterocycles. The van der Waals surface area contributed by atoms with Crippen molar-refractivity contribution >= 4 is 17.1 Å². The van der Waals surface area contributed by atoms with Crippen molar-refractivity contribution in [2.45, 2.75) is 226 Å². The van der Waals surface area contributed by atoms with E-state index in [4.69, 9.17) is 14.2 Å². The number of nitrogens with zero attached hydrogens (tertiary/aromatic N) is 1. The Morgan fingerprint density at radius 1 is 0.319 bits per heavy atom. The fourth-order valence-corrected chi connectivity index (χ4v) is 9.16. The maximum atomic E-state index is 13.7. The van der Waals surface area contributed by atoms with E-state index in [1.807, 2.05) is 36.4 Å². The summed E-state index contributed by atoms with van der Waals surface area (Å²) in [6.45, 7) is 11.0. The lowest BCUT2D eigenvalue weighted by molar-refractivity contribution is 0.304. The van der Waals surface area contributed by atoms with Crippen molar-refractivity contribution in [1.82, 2.24) is 0 Å². The summed E-state index contributed by atoms with van der Waals surface area (Å²) in [6, 6.07) is 21.2. The lowest BCUT2D eigenvalue weighted by Gasteiger charge is -2.24. The normalized spacial score (nSPS) is 11.1. The number of anilines is 3. The fraction of sp³-hybridized carbons (Fsp3) is 0.667. The zero-order valence-corrected chi connectivity index (χ0v) is 45.9. The number of unbranched alkanes of at least 4 members (excludes halogenated alkanes) is 27. The van der Waals surface area contributed by atoms with Crippen LogP contribution in [0.25, 0.3) is 0 Å². The molecule has 9 nitrogen and oxygen atoms in total. The highest BCUT2D eigenvalue weighted by Gasteiger charge is 2.11. The van der Waals surface area contributed by atoms with Gasteiger partial charge in [-0.15, -0.1) is 0 Å². The van der Waals surface area contributed by atoms with Crippen LogP contribution in [-0.4, -0.2) is 46.0 Å². The van der Waals surface area contributed by atoms with Gasteiger partial charge < -0.3 is 29.7 Å². The van der Waals surface area contributed by atoms with Gasteiger partial charge in [0.15, 0.2) is 0 Å². The highest BCUT2D eigenvalue weighted by Crippen LogP contribution is 2.19. The number of rotatable bonds is 47. The average Bonchev–Trinajstić information content (AvgIpc) is 3.77. The Labute approximate surface area is 438 Å². The minimum Gasteiger partial charge on any atom is -0.494 e. The molecular formula is C63H101N3O6. The topological polar surface area (TPSA) is 106 Å². The summed E-state index contributed by atoms with van der Waals surface area (Å²) in [5.74, 6) is 2.09. The Morgan fingerprint density at radius 3 is 0.931 bits per heavy atom. The predicted molar refractivity (Wildman–Crippen MR) is 309 cm³/mol. The lowest BCUT2D eigenvalue weighted by Crippen LogP contribution is -2.31. The molecule has 0 aliphatic rings. The van der Waals surface area contributed by atoms with Crippen LogP contribution in [0.3, 0.4) is 0 Å². The van der Waals surface area contributed by atoms with Gasteiger partial charge in [-0.2, -0.15) is 0 Å². The van der Waals surface area contributed by atoms with Crippen molar-refractivity contribution in [3.05, 3.63) is 103 Å². The van der Waals surface area contributed by atoms with E-state index in [0.717, 1.165) is 38.5 Å². The van der Waals surface area contributed by atoms with Crippen LogP contribution in [0.4, 0.5) is 17.1 Å². The first-order chi connectivity index (χ1) is 35.4. The van der Waals surface area contributed by atoms with Gasteiger partial charge >= 0.3 is 0 Å². The van der Waals surface area contributed by atoms with Crippen LogP contribution >= 0.6 is 0 Å². The van der Waals surface area contributed by atoms with Crippen LogP contribution < -0.4 is 46.0 Å². The second kappa shape index (κ2) is 42.9. The van der Waals surface area contributed by atoms with Gasteiger partial charge in [-0.1, -0.05) is 194 Å². The SMILES string of the molecule is CCCCCCCCCCCCOc1ccc(NCCCN(CCCNc2ccc(OCCCCCCCCCCCC)ccc2=O)c2ccc(OCCCCCCCCCCCC)ccc2=O)c(=O)cc1. The van der Waals surface area contributed by atoms with Gasteiger partial charge in [0.25, 0.3) is 0 Å². The smallest absolute Gasteiger partial charge is 0.201 e. The minimum atomic E-state index is -0.0891. The van der Waals surface area contributed by atoms with Gasteiger partial charge in [-0.05, 0) is 105 Å². The molecule has 3 rings (SSSR count). The van der Waals surface area contributed by atoms with Crippen molar-refractivity contribution in [2.24, 2.45) is 0 Å². The molecule has 0 heterocycles. The molecule has 0 saturated carbocycles. The third-order valence-corrected chi connectivity index (χ3v) is 13.7. The molecule has 404 valence electrons. The summed E-state index contributed by atoms with van der Waals surface area (Å²) < 4.78 is 18.2. The third kappa shape index (κ3) is 30.5. The molecule has 3 aromatic rings. The first-order valence-corrected chi connectivity index (χ1v) is 29.5. The molecule has 0 amide bonds. The molecule has 0 saturated heterocycles. The molecule has 2 N–H and O–H groups in total. The van der Waals surface area contributed by atoms with E-state index in [1.165, 1.54) is 154 Å². The second-order valence-corrected chi connectivity index (χ2v) is 20.2. The Kier molecular flexibility index (Phi) is 36.8. The summed E-state index contributed by atoms with van der Waals surface area (Å²) in [5.41, 5.74) is 1.40. The van der Waals surface area contributed by atoms with Crippen molar-refractivity contribution in [2.75, 3.05) is 61.5 Å². The molecule has 0 spiro atoms. The van der Waals surface area contributed by atoms with Crippen molar-refractivity contribution in [1.29, 1.82) is 0 Å². The first kappa shape index (κ1) is 61.8. The maximum Gasteiger partial charge on any atom is 0.201 e. The van der Waals surface area contributed by atoms with E-state index in [0.29, 0.717) is 93.2 Å². The molecule has 9 heteroatoms. The zero-order valence-electron chi connectivity index (χ0n) is 45.9. The minimum absolute atomic E-state index is 0.0748. The Morgan fingerprint density at radius 2 is 0.597 bits per heavy atom. The van der Waals surface area contributed by atoms with E-state index in [1.54, 1.807) is 36.4 Å². The third-order valence-electron chi connectivity index (χ3n) is 13.7. The number of hydrogen-bond donors (Lipinski definition) is 2. The second-order valence-electron chi connectivity index (χ2n) is 20.2. The molecule has 0 bridgehead atoms. The van der Waals surface area contributed by atoms with E-state index in [2.05, 4.69) is 36.3 Å². The van der Waals surface area contributed by atoms with Crippen LogP contribution in [0, 0.1) is 0 Å². The number of hydrogen-bond acceptors (Lipinski definition) is 9. The van der Waals surface area contributed by atoms with Gasteiger partial charge in [0.2, 0.25) is 16.3 Å². The van der Waals surface area contributed by atoms with E-state index < -0.39 is 0 Å². The summed E-state index contributed by atoms with van der Waals surface area (Å²) in [7, 11) is 0. The summed E-state index contributed by atoms with van der Waals surface area (Å²) in [4.78, 5) is 41.9. The van der Waals surface area contributed by atoms with Crippen molar-refractivity contribution in [3.63, 3.8) is 0 Å². The lowest BCUT2D eigenvalue weighted by atomic mass is 10.1. The van der Waals surface area contributed by atoms with Crippen molar-refractivity contribution in [3.8, 4) is 17.2 Å². The van der Waals surface area contributed by atoms with Crippen LogP contribution in [-0.2, 0) is 0 Å². The van der Waals surface area contributed by atoms with Gasteiger partial charge in [-0.3, -0.25) is 14.4 Å². The molecule has 72 heavy (non-hydrogen) atoms. The molecule has 0 fully saturated rings. The van der Waals surface area contributed by atoms with Gasteiger partial charge in [0, 0.05) is 26.2 Å². The summed E-state index contributed by atoms with van der Waals surface area (Å²) >= 11 is 0. The standard InChI is InChI=1S/C63H101N3O6/c1-4-7-10-13-16-19-22-25-28-31-52-70-55-36-42-58(61(67)45-39-55)64-48-34-50-66(60-44-38-57(41-47-63(60)69)72-54-33-30-27-24-21-18-15-12-9-6-3)51-35-49-65-59-43-37-56(40-46-62(59)68)71-53-32-29-26-23-20-17-14-11-8-5-2/h36-47H,4-35,48-54H2,1-3H3,(H,64,67)(H,65,68). The predicted octanol–water partition coefficient (Wildman–Crippen LogP) is 16.5. The zero-order chi connectivity index (χ0) is 51.4. The quantitative estimate of drug-likeness (QED) is 0.0535. The molecule has 0 atom stereocenters. The Bertz CT molecular complexity index is 1880. The molecule has 0 aliphatic carbocycles.